The number of carbonyl (C=O) groups is 1. The third-order valence-electron chi connectivity index (χ3n) is 2.43. The van der Waals surface area contributed by atoms with Crippen LogP contribution in [0.5, 0.6) is 0 Å². The third kappa shape index (κ3) is 2.04. The molecule has 0 aliphatic heterocycles. The summed E-state index contributed by atoms with van der Waals surface area (Å²) in [6.07, 6.45) is 0. The number of ether oxygens (including phenoxy) is 1. The number of azide groups is 1. The molecular weight excluding hydrogens is 218 g/mol. The van der Waals surface area contributed by atoms with E-state index in [4.69, 9.17) is 10.3 Å². The van der Waals surface area contributed by atoms with E-state index in [0.29, 0.717) is 11.3 Å². The molecule has 0 amide bonds. The molecule has 0 spiro atoms. The lowest BCUT2D eigenvalue weighted by atomic mass is 10.0. The van der Waals surface area contributed by atoms with Crippen molar-refractivity contribution in [3.63, 3.8) is 0 Å². The van der Waals surface area contributed by atoms with Gasteiger partial charge in [0.05, 0.1) is 12.7 Å². The van der Waals surface area contributed by atoms with Gasteiger partial charge in [-0.1, -0.05) is 29.4 Å². The zero-order valence-corrected chi connectivity index (χ0v) is 9.12. The highest BCUT2D eigenvalue weighted by Crippen LogP contribution is 2.24. The molecule has 0 heterocycles. The van der Waals surface area contributed by atoms with E-state index in [0.717, 1.165) is 10.8 Å². The van der Waals surface area contributed by atoms with Crippen molar-refractivity contribution >= 4 is 22.4 Å². The Labute approximate surface area is 97.3 Å². The van der Waals surface area contributed by atoms with E-state index in [-0.39, 0.29) is 5.97 Å². The SMILES string of the molecule is COC(=O)c1cccc2cc(N=[N+]=[N-])ccc12. The predicted octanol–water partition coefficient (Wildman–Crippen LogP) is 3.57. The average molecular weight is 227 g/mol. The maximum Gasteiger partial charge on any atom is 0.338 e. The summed E-state index contributed by atoms with van der Waals surface area (Å²) < 4.78 is 4.70. The summed E-state index contributed by atoms with van der Waals surface area (Å²) in [5.41, 5.74) is 9.37. The van der Waals surface area contributed by atoms with Gasteiger partial charge in [0.15, 0.2) is 0 Å². The van der Waals surface area contributed by atoms with Crippen molar-refractivity contribution in [3.8, 4) is 0 Å². The number of hydrogen-bond acceptors (Lipinski definition) is 3. The molecule has 0 aromatic heterocycles. The van der Waals surface area contributed by atoms with Gasteiger partial charge in [-0.05, 0) is 28.4 Å². The number of rotatable bonds is 2. The van der Waals surface area contributed by atoms with Gasteiger partial charge in [-0.2, -0.15) is 0 Å². The molecule has 0 atom stereocenters. The first kappa shape index (κ1) is 11.0. The Balaban J connectivity index is 2.66. The van der Waals surface area contributed by atoms with E-state index in [1.54, 1.807) is 30.3 Å². The fourth-order valence-corrected chi connectivity index (χ4v) is 1.67. The summed E-state index contributed by atoms with van der Waals surface area (Å²) in [4.78, 5) is 14.3. The van der Waals surface area contributed by atoms with Crippen LogP contribution in [0.3, 0.4) is 0 Å². The number of hydrogen-bond donors (Lipinski definition) is 0. The maximum absolute atomic E-state index is 11.5. The second kappa shape index (κ2) is 4.55. The number of carbonyl (C=O) groups excluding carboxylic acids is 1. The fraction of sp³-hybridized carbons (Fsp3) is 0.0833. The highest BCUT2D eigenvalue weighted by Gasteiger charge is 2.09. The molecule has 0 N–H and O–H groups in total. The van der Waals surface area contributed by atoms with Crippen LogP contribution < -0.4 is 0 Å². The van der Waals surface area contributed by atoms with Crippen LogP contribution in [0.1, 0.15) is 10.4 Å². The molecule has 2 aromatic carbocycles. The summed E-state index contributed by atoms with van der Waals surface area (Å²) in [6.45, 7) is 0. The Morgan fingerprint density at radius 3 is 2.88 bits per heavy atom. The molecule has 0 unspecified atom stereocenters. The van der Waals surface area contributed by atoms with Gasteiger partial charge in [0, 0.05) is 10.6 Å². The normalized spacial score (nSPS) is 9.71. The van der Waals surface area contributed by atoms with E-state index < -0.39 is 0 Å². The summed E-state index contributed by atoms with van der Waals surface area (Å²) in [5.74, 6) is -0.382. The van der Waals surface area contributed by atoms with Gasteiger partial charge >= 0.3 is 5.97 Å². The lowest BCUT2D eigenvalue weighted by Crippen LogP contribution is -2.01. The molecular formula is C12H9N3O2. The van der Waals surface area contributed by atoms with Crippen molar-refractivity contribution in [1.82, 2.24) is 0 Å². The highest BCUT2D eigenvalue weighted by molar-refractivity contribution is 6.05. The average Bonchev–Trinajstić information content (AvgIpc) is 2.37. The minimum absolute atomic E-state index is 0.382. The zero-order valence-electron chi connectivity index (χ0n) is 9.12. The van der Waals surface area contributed by atoms with Crippen LogP contribution in [0, 0.1) is 0 Å². The monoisotopic (exact) mass is 227 g/mol. The fourth-order valence-electron chi connectivity index (χ4n) is 1.67. The molecule has 0 fully saturated rings. The summed E-state index contributed by atoms with van der Waals surface area (Å²) in [5, 5.41) is 5.12. The topological polar surface area (TPSA) is 75.1 Å². The maximum atomic E-state index is 11.5. The summed E-state index contributed by atoms with van der Waals surface area (Å²) in [7, 11) is 1.34. The van der Waals surface area contributed by atoms with Crippen LogP contribution in [-0.2, 0) is 4.74 Å². The number of fused-ring (bicyclic) bond motifs is 1. The lowest BCUT2D eigenvalue weighted by Gasteiger charge is -2.04. The van der Waals surface area contributed by atoms with Gasteiger partial charge in [0.1, 0.15) is 0 Å². The van der Waals surface area contributed by atoms with Gasteiger partial charge < -0.3 is 4.74 Å². The Morgan fingerprint density at radius 2 is 2.18 bits per heavy atom. The van der Waals surface area contributed by atoms with Gasteiger partial charge in [-0.25, -0.2) is 4.79 Å². The van der Waals surface area contributed by atoms with Crippen molar-refractivity contribution < 1.29 is 9.53 Å². The first-order chi connectivity index (χ1) is 8.26. The van der Waals surface area contributed by atoms with Crippen molar-refractivity contribution in [1.29, 1.82) is 0 Å². The molecule has 2 rings (SSSR count). The molecule has 17 heavy (non-hydrogen) atoms. The zero-order chi connectivity index (χ0) is 12.3. The van der Waals surface area contributed by atoms with Gasteiger partial charge in [-0.3, -0.25) is 0 Å². The second-order valence-corrected chi connectivity index (χ2v) is 3.39. The highest BCUT2D eigenvalue weighted by atomic mass is 16.5. The van der Waals surface area contributed by atoms with Crippen LogP contribution in [0.25, 0.3) is 21.2 Å². The minimum atomic E-state index is -0.382. The smallest absolute Gasteiger partial charge is 0.338 e. The quantitative estimate of drug-likeness (QED) is 0.340. The molecule has 84 valence electrons. The molecule has 5 heteroatoms. The Bertz CT molecular complexity index is 631. The minimum Gasteiger partial charge on any atom is -0.465 e. The van der Waals surface area contributed by atoms with Crippen molar-refractivity contribution in [3.05, 3.63) is 52.4 Å². The predicted molar refractivity (Wildman–Crippen MR) is 64.1 cm³/mol. The van der Waals surface area contributed by atoms with Gasteiger partial charge in [0.2, 0.25) is 0 Å². The van der Waals surface area contributed by atoms with Crippen LogP contribution in [0.2, 0.25) is 0 Å². The number of methoxy groups -OCH3 is 1. The standard InChI is InChI=1S/C12H9N3O2/c1-17-12(16)11-4-2-3-8-7-9(14-15-13)5-6-10(8)11/h2-7H,1H3. The first-order valence-corrected chi connectivity index (χ1v) is 4.92. The van der Waals surface area contributed by atoms with E-state index >= 15 is 0 Å². The van der Waals surface area contributed by atoms with Crippen LogP contribution >= 0.6 is 0 Å². The first-order valence-electron chi connectivity index (χ1n) is 4.92. The van der Waals surface area contributed by atoms with Crippen LogP contribution in [-0.4, -0.2) is 13.1 Å². The van der Waals surface area contributed by atoms with Crippen molar-refractivity contribution in [2.75, 3.05) is 7.11 Å². The second-order valence-electron chi connectivity index (χ2n) is 3.39. The Hall–Kier alpha value is -2.52. The Morgan fingerprint density at radius 1 is 1.35 bits per heavy atom. The van der Waals surface area contributed by atoms with Crippen molar-refractivity contribution in [2.24, 2.45) is 5.11 Å². The Kier molecular flexibility index (Phi) is 2.94. The van der Waals surface area contributed by atoms with E-state index in [1.807, 2.05) is 6.07 Å². The summed E-state index contributed by atoms with van der Waals surface area (Å²) >= 11 is 0. The molecule has 0 bridgehead atoms. The molecule has 0 aliphatic rings. The molecule has 5 nitrogen and oxygen atoms in total. The molecule has 0 saturated heterocycles. The number of esters is 1. The van der Waals surface area contributed by atoms with E-state index in [2.05, 4.69) is 10.0 Å². The lowest BCUT2D eigenvalue weighted by molar-refractivity contribution is 0.0603. The van der Waals surface area contributed by atoms with Crippen LogP contribution in [0.15, 0.2) is 41.5 Å². The molecule has 2 aromatic rings. The third-order valence-corrected chi connectivity index (χ3v) is 2.43. The van der Waals surface area contributed by atoms with E-state index in [9.17, 15) is 4.79 Å². The number of nitrogens with zero attached hydrogens (tertiary/aromatic N) is 3. The van der Waals surface area contributed by atoms with Gasteiger partial charge in [0.25, 0.3) is 0 Å². The largest absolute Gasteiger partial charge is 0.465 e. The van der Waals surface area contributed by atoms with Crippen LogP contribution in [0.4, 0.5) is 5.69 Å². The van der Waals surface area contributed by atoms with E-state index in [1.165, 1.54) is 7.11 Å². The number of benzene rings is 2. The van der Waals surface area contributed by atoms with Gasteiger partial charge in [-0.15, -0.1) is 0 Å². The molecule has 0 saturated carbocycles. The summed E-state index contributed by atoms with van der Waals surface area (Å²) in [6, 6.07) is 10.4. The molecule has 0 radical (unpaired) electrons. The molecule has 0 aliphatic carbocycles. The van der Waals surface area contributed by atoms with Crippen molar-refractivity contribution in [2.45, 2.75) is 0 Å².